The first-order chi connectivity index (χ1) is 16.5. The Morgan fingerprint density at radius 3 is 2.19 bits per heavy atom. The average molecular weight is 529 g/mol. The lowest BCUT2D eigenvalue weighted by atomic mass is 9.98. The molecule has 1 heterocycles. The highest BCUT2D eigenvalue weighted by Gasteiger charge is 2.47. The van der Waals surface area contributed by atoms with E-state index in [4.69, 9.17) is 5.73 Å². The molecule has 1 amide bonds. The lowest BCUT2D eigenvalue weighted by Crippen LogP contribution is -2.45. The summed E-state index contributed by atoms with van der Waals surface area (Å²) >= 11 is 0. The third kappa shape index (κ3) is 7.09. The van der Waals surface area contributed by atoms with Gasteiger partial charge in [-0.05, 0) is 59.7 Å². The molecule has 1 aliphatic rings. The van der Waals surface area contributed by atoms with Crippen molar-refractivity contribution in [2.45, 2.75) is 58.4 Å². The summed E-state index contributed by atoms with van der Waals surface area (Å²) in [5, 5.41) is 0. The van der Waals surface area contributed by atoms with E-state index < -0.39 is 0 Å². The number of aromatic nitrogens is 1. The lowest BCUT2D eigenvalue weighted by Gasteiger charge is -2.29. The number of pyridine rings is 1. The first-order valence-corrected chi connectivity index (χ1v) is 12.7. The van der Waals surface area contributed by atoms with Gasteiger partial charge in [0, 0.05) is 42.0 Å². The van der Waals surface area contributed by atoms with E-state index in [1.807, 2.05) is 23.1 Å². The summed E-state index contributed by atoms with van der Waals surface area (Å²) in [6.45, 7) is 7.04. The Morgan fingerprint density at radius 1 is 1.00 bits per heavy atom. The van der Waals surface area contributed by atoms with Gasteiger partial charge in [0.1, 0.15) is 0 Å². The second-order valence-electron chi connectivity index (χ2n) is 9.70. The van der Waals surface area contributed by atoms with Crippen molar-refractivity contribution in [2.75, 3.05) is 11.4 Å². The summed E-state index contributed by atoms with van der Waals surface area (Å²) in [6.07, 6.45) is 5.91. The van der Waals surface area contributed by atoms with E-state index in [2.05, 4.69) is 74.3 Å². The van der Waals surface area contributed by atoms with Crippen LogP contribution in [0.15, 0.2) is 72.9 Å². The summed E-state index contributed by atoms with van der Waals surface area (Å²) in [5.41, 5.74) is 12.2. The van der Waals surface area contributed by atoms with Crippen LogP contribution in [-0.2, 0) is 11.2 Å². The molecule has 1 aromatic heterocycles. The molecule has 0 unspecified atom stereocenters. The minimum absolute atomic E-state index is 0. The Morgan fingerprint density at radius 2 is 1.64 bits per heavy atom. The Kier molecular flexibility index (Phi) is 11.4. The SMILES string of the molecule is CCCc1ccc(-c2ccc(N(C[C@@H](N)[C@@H](C)CC)C(=O)[C@H]3C[C@@H]3c3ccccn3)cc2)cc1.Cl.Cl. The molecule has 0 saturated heterocycles. The molecule has 6 heteroatoms. The minimum atomic E-state index is -0.0632. The van der Waals surface area contributed by atoms with E-state index in [9.17, 15) is 4.79 Å². The van der Waals surface area contributed by atoms with Gasteiger partial charge in [0.05, 0.1) is 0 Å². The third-order valence-electron chi connectivity index (χ3n) is 7.21. The van der Waals surface area contributed by atoms with E-state index in [-0.39, 0.29) is 48.6 Å². The van der Waals surface area contributed by atoms with Crippen molar-refractivity contribution in [3.05, 3.63) is 84.2 Å². The maximum atomic E-state index is 13.6. The molecule has 1 aliphatic carbocycles. The molecule has 0 spiro atoms. The number of hydrogen-bond donors (Lipinski definition) is 1. The summed E-state index contributed by atoms with van der Waals surface area (Å²) in [4.78, 5) is 20.0. The molecule has 4 nitrogen and oxygen atoms in total. The van der Waals surface area contributed by atoms with Gasteiger partial charge in [-0.15, -0.1) is 24.8 Å². The highest BCUT2D eigenvalue weighted by atomic mass is 35.5. The van der Waals surface area contributed by atoms with Crippen LogP contribution in [0.5, 0.6) is 0 Å². The van der Waals surface area contributed by atoms with Crippen molar-refractivity contribution in [3.8, 4) is 11.1 Å². The van der Waals surface area contributed by atoms with E-state index in [1.165, 1.54) is 11.1 Å². The molecule has 2 N–H and O–H groups in total. The number of rotatable bonds is 10. The molecule has 0 bridgehead atoms. The summed E-state index contributed by atoms with van der Waals surface area (Å²) in [6, 6.07) is 23.0. The molecule has 0 aliphatic heterocycles. The molecule has 3 aromatic rings. The lowest BCUT2D eigenvalue weighted by molar-refractivity contribution is -0.120. The average Bonchev–Trinajstić information content (AvgIpc) is 3.69. The summed E-state index contributed by atoms with van der Waals surface area (Å²) in [7, 11) is 0. The Bertz CT molecular complexity index is 1070. The van der Waals surface area contributed by atoms with Crippen LogP contribution in [-0.4, -0.2) is 23.5 Å². The number of hydrogen-bond acceptors (Lipinski definition) is 3. The number of carbonyl (C=O) groups excluding carboxylic acids is 1. The van der Waals surface area contributed by atoms with Crippen LogP contribution >= 0.6 is 24.8 Å². The zero-order chi connectivity index (χ0) is 24.1. The zero-order valence-corrected chi connectivity index (χ0v) is 23.1. The van der Waals surface area contributed by atoms with Gasteiger partial charge < -0.3 is 10.6 Å². The van der Waals surface area contributed by atoms with Crippen molar-refractivity contribution >= 4 is 36.4 Å². The van der Waals surface area contributed by atoms with E-state index in [1.54, 1.807) is 6.20 Å². The molecule has 0 radical (unpaired) electrons. The second-order valence-corrected chi connectivity index (χ2v) is 9.70. The summed E-state index contributed by atoms with van der Waals surface area (Å²) in [5.74, 6) is 0.690. The molecular formula is C30H39Cl2N3O. The van der Waals surface area contributed by atoms with Gasteiger partial charge >= 0.3 is 0 Å². The first kappa shape index (κ1) is 29.8. The number of aryl methyl sites for hydroxylation is 1. The van der Waals surface area contributed by atoms with Gasteiger partial charge in [0.15, 0.2) is 0 Å². The maximum absolute atomic E-state index is 13.6. The van der Waals surface area contributed by atoms with E-state index in [0.29, 0.717) is 12.5 Å². The number of anilines is 1. The smallest absolute Gasteiger partial charge is 0.230 e. The van der Waals surface area contributed by atoms with Gasteiger partial charge in [-0.2, -0.15) is 0 Å². The molecule has 194 valence electrons. The van der Waals surface area contributed by atoms with Gasteiger partial charge in [-0.25, -0.2) is 0 Å². The fourth-order valence-corrected chi connectivity index (χ4v) is 4.59. The molecule has 4 rings (SSSR count). The van der Waals surface area contributed by atoms with Gasteiger partial charge in [-0.3, -0.25) is 9.78 Å². The highest BCUT2D eigenvalue weighted by Crippen LogP contribution is 2.48. The van der Waals surface area contributed by atoms with Crippen molar-refractivity contribution in [2.24, 2.45) is 17.6 Å². The Hall–Kier alpha value is -2.40. The Labute approximate surface area is 228 Å². The van der Waals surface area contributed by atoms with Crippen LogP contribution in [0.3, 0.4) is 0 Å². The Balaban J connectivity index is 0.00000228. The normalized spacial score (nSPS) is 17.8. The number of halogens is 2. The van der Waals surface area contributed by atoms with Gasteiger partial charge in [0.25, 0.3) is 0 Å². The van der Waals surface area contributed by atoms with Crippen molar-refractivity contribution in [3.63, 3.8) is 0 Å². The van der Waals surface area contributed by atoms with E-state index >= 15 is 0 Å². The van der Waals surface area contributed by atoms with Crippen molar-refractivity contribution in [1.29, 1.82) is 0 Å². The molecule has 4 atom stereocenters. The van der Waals surface area contributed by atoms with Crippen LogP contribution in [0.2, 0.25) is 0 Å². The van der Waals surface area contributed by atoms with Crippen molar-refractivity contribution in [1.82, 2.24) is 4.98 Å². The quantitative estimate of drug-likeness (QED) is 0.307. The van der Waals surface area contributed by atoms with Crippen LogP contribution in [0.1, 0.15) is 57.2 Å². The zero-order valence-electron chi connectivity index (χ0n) is 21.5. The largest absolute Gasteiger partial charge is 0.326 e. The number of benzene rings is 2. The standard InChI is InChI=1S/C30H37N3O.2ClH/c1-4-8-22-10-12-23(13-11-22)24-14-16-25(17-15-24)33(20-28(31)21(3)5-2)30(34)27-19-26(27)29-9-6-7-18-32-29;;/h6-7,9-18,21,26-28H,4-5,8,19-20,31H2,1-3H3;2*1H/t21-,26-,27-,28+;;/m0../s1. The number of carbonyl (C=O) groups is 1. The molecule has 36 heavy (non-hydrogen) atoms. The molecular weight excluding hydrogens is 489 g/mol. The number of amides is 1. The van der Waals surface area contributed by atoms with E-state index in [0.717, 1.165) is 42.6 Å². The van der Waals surface area contributed by atoms with Crippen LogP contribution in [0.4, 0.5) is 5.69 Å². The molecule has 1 fully saturated rings. The second kappa shape index (κ2) is 13.8. The third-order valence-corrected chi connectivity index (χ3v) is 7.21. The van der Waals surface area contributed by atoms with Crippen LogP contribution < -0.4 is 10.6 Å². The predicted molar refractivity (Wildman–Crippen MR) is 155 cm³/mol. The topological polar surface area (TPSA) is 59.2 Å². The highest BCUT2D eigenvalue weighted by molar-refractivity contribution is 5.97. The maximum Gasteiger partial charge on any atom is 0.230 e. The van der Waals surface area contributed by atoms with Crippen LogP contribution in [0, 0.1) is 11.8 Å². The molecule has 1 saturated carbocycles. The fourth-order valence-electron chi connectivity index (χ4n) is 4.59. The minimum Gasteiger partial charge on any atom is -0.326 e. The fraction of sp³-hybridized carbons (Fsp3) is 0.400. The van der Waals surface area contributed by atoms with Gasteiger partial charge in [0.2, 0.25) is 5.91 Å². The predicted octanol–water partition coefficient (Wildman–Crippen LogP) is 7.05. The van der Waals surface area contributed by atoms with Crippen LogP contribution in [0.25, 0.3) is 11.1 Å². The van der Waals surface area contributed by atoms with Gasteiger partial charge in [-0.1, -0.05) is 76.1 Å². The first-order valence-electron chi connectivity index (χ1n) is 12.7. The van der Waals surface area contributed by atoms with Crippen molar-refractivity contribution < 1.29 is 4.79 Å². The number of nitrogens with two attached hydrogens (primary N) is 1. The summed E-state index contributed by atoms with van der Waals surface area (Å²) < 4.78 is 0. The molecule has 2 aromatic carbocycles. The number of nitrogens with zero attached hydrogens (tertiary/aromatic N) is 2. The monoisotopic (exact) mass is 527 g/mol.